The molecule has 1 fully saturated rings. The van der Waals surface area contributed by atoms with Crippen LogP contribution >= 0.6 is 0 Å². The molecule has 1 aliphatic rings. The molecule has 20 heavy (non-hydrogen) atoms. The first-order valence-corrected chi connectivity index (χ1v) is 6.52. The molecule has 2 rings (SSSR count). The number of anilines is 1. The van der Waals surface area contributed by atoms with Crippen LogP contribution < -0.4 is 5.32 Å². The second-order valence-electron chi connectivity index (χ2n) is 4.89. The van der Waals surface area contributed by atoms with Gasteiger partial charge in [-0.25, -0.2) is 4.39 Å². The molecule has 1 aromatic rings. The molecule has 0 radical (unpaired) electrons. The topological polar surface area (TPSA) is 69.6 Å². The fourth-order valence-electron chi connectivity index (χ4n) is 2.33. The normalized spacial score (nSPS) is 18.1. The number of aryl methyl sites for hydroxylation is 1. The van der Waals surface area contributed by atoms with E-state index in [-0.39, 0.29) is 18.3 Å². The minimum Gasteiger partial charge on any atom is -0.394 e. The van der Waals surface area contributed by atoms with Gasteiger partial charge in [-0.1, -0.05) is 6.07 Å². The lowest BCUT2D eigenvalue weighted by molar-refractivity contribution is -0.144. The van der Waals surface area contributed by atoms with Crippen molar-refractivity contribution in [2.45, 2.75) is 25.8 Å². The highest BCUT2D eigenvalue weighted by Crippen LogP contribution is 2.19. The zero-order valence-corrected chi connectivity index (χ0v) is 11.2. The molecule has 6 heteroatoms. The van der Waals surface area contributed by atoms with Gasteiger partial charge in [0.15, 0.2) is 0 Å². The monoisotopic (exact) mass is 280 g/mol. The summed E-state index contributed by atoms with van der Waals surface area (Å²) in [7, 11) is 0. The number of nitrogens with zero attached hydrogens (tertiary/aromatic N) is 1. The Morgan fingerprint density at radius 1 is 1.50 bits per heavy atom. The molecular formula is C14H17FN2O3. The van der Waals surface area contributed by atoms with Crippen LogP contribution in [0.5, 0.6) is 0 Å². The SMILES string of the molecule is Cc1ccc(F)cc1NC(=O)C(=O)N1CCCC1CO. The fraction of sp³-hybridized carbons (Fsp3) is 0.429. The summed E-state index contributed by atoms with van der Waals surface area (Å²) >= 11 is 0. The summed E-state index contributed by atoms with van der Waals surface area (Å²) < 4.78 is 13.1. The smallest absolute Gasteiger partial charge is 0.313 e. The van der Waals surface area contributed by atoms with E-state index in [0.717, 1.165) is 6.42 Å². The third kappa shape index (κ3) is 2.96. The molecule has 1 aliphatic heterocycles. The van der Waals surface area contributed by atoms with Gasteiger partial charge in [-0.2, -0.15) is 0 Å². The Balaban J connectivity index is 2.08. The molecule has 1 saturated heterocycles. The average Bonchev–Trinajstić information content (AvgIpc) is 2.90. The second kappa shape index (κ2) is 6.00. The Labute approximate surface area is 116 Å². The molecule has 1 atom stereocenters. The van der Waals surface area contributed by atoms with Crippen LogP contribution in [-0.4, -0.2) is 41.0 Å². The maximum absolute atomic E-state index is 13.1. The first-order chi connectivity index (χ1) is 9.52. The summed E-state index contributed by atoms with van der Waals surface area (Å²) in [6.07, 6.45) is 1.46. The Kier molecular flexibility index (Phi) is 4.34. The number of hydrogen-bond acceptors (Lipinski definition) is 3. The van der Waals surface area contributed by atoms with Crippen LogP contribution in [0.25, 0.3) is 0 Å². The molecule has 0 spiro atoms. The minimum atomic E-state index is -0.806. The van der Waals surface area contributed by atoms with Gasteiger partial charge < -0.3 is 15.3 Å². The molecule has 108 valence electrons. The van der Waals surface area contributed by atoms with Gasteiger partial charge in [0.25, 0.3) is 0 Å². The Bertz CT molecular complexity index is 533. The third-order valence-corrected chi connectivity index (χ3v) is 3.49. The summed E-state index contributed by atoms with van der Waals surface area (Å²) in [4.78, 5) is 25.3. The van der Waals surface area contributed by atoms with Crippen molar-refractivity contribution in [1.82, 2.24) is 4.90 Å². The van der Waals surface area contributed by atoms with E-state index in [1.165, 1.54) is 23.1 Å². The van der Waals surface area contributed by atoms with Crippen LogP contribution in [0, 0.1) is 12.7 Å². The van der Waals surface area contributed by atoms with Gasteiger partial charge in [0.2, 0.25) is 0 Å². The average molecular weight is 280 g/mol. The van der Waals surface area contributed by atoms with E-state index in [1.807, 2.05) is 0 Å². The van der Waals surface area contributed by atoms with E-state index < -0.39 is 17.6 Å². The van der Waals surface area contributed by atoms with Crippen LogP contribution in [0.15, 0.2) is 18.2 Å². The lowest BCUT2D eigenvalue weighted by Crippen LogP contribution is -2.43. The largest absolute Gasteiger partial charge is 0.394 e. The number of aliphatic hydroxyl groups is 1. The highest BCUT2D eigenvalue weighted by Gasteiger charge is 2.32. The van der Waals surface area contributed by atoms with Crippen molar-refractivity contribution in [3.8, 4) is 0 Å². The zero-order valence-electron chi connectivity index (χ0n) is 11.2. The van der Waals surface area contributed by atoms with E-state index in [2.05, 4.69) is 5.32 Å². The van der Waals surface area contributed by atoms with Crippen molar-refractivity contribution < 1.29 is 19.1 Å². The van der Waals surface area contributed by atoms with Gasteiger partial charge in [0, 0.05) is 12.2 Å². The molecule has 0 saturated carbocycles. The van der Waals surface area contributed by atoms with Gasteiger partial charge in [0.05, 0.1) is 12.6 Å². The summed E-state index contributed by atoms with van der Waals surface area (Å²) in [6, 6.07) is 3.69. The van der Waals surface area contributed by atoms with E-state index in [4.69, 9.17) is 5.11 Å². The van der Waals surface area contributed by atoms with Gasteiger partial charge in [0.1, 0.15) is 5.82 Å². The van der Waals surface area contributed by atoms with Gasteiger partial charge >= 0.3 is 11.8 Å². The molecule has 0 aromatic heterocycles. The predicted octanol–water partition coefficient (Wildman–Crippen LogP) is 1.06. The number of hydrogen-bond donors (Lipinski definition) is 2. The van der Waals surface area contributed by atoms with Crippen molar-refractivity contribution in [3.63, 3.8) is 0 Å². The number of nitrogens with one attached hydrogen (secondary N) is 1. The van der Waals surface area contributed by atoms with Crippen LogP contribution in [-0.2, 0) is 9.59 Å². The Morgan fingerprint density at radius 2 is 2.25 bits per heavy atom. The van der Waals surface area contributed by atoms with Crippen molar-refractivity contribution in [2.24, 2.45) is 0 Å². The van der Waals surface area contributed by atoms with E-state index in [9.17, 15) is 14.0 Å². The standard InChI is InChI=1S/C14H17FN2O3/c1-9-4-5-10(15)7-12(9)16-13(19)14(20)17-6-2-3-11(17)8-18/h4-5,7,11,18H,2-3,6,8H2,1H3,(H,16,19). The van der Waals surface area contributed by atoms with Crippen molar-refractivity contribution in [3.05, 3.63) is 29.6 Å². The summed E-state index contributed by atoms with van der Waals surface area (Å²) in [6.45, 7) is 2.02. The number of carbonyl (C=O) groups is 2. The number of likely N-dealkylation sites (tertiary alicyclic amines) is 1. The molecule has 0 aliphatic carbocycles. The van der Waals surface area contributed by atoms with Crippen molar-refractivity contribution in [2.75, 3.05) is 18.5 Å². The Morgan fingerprint density at radius 3 is 2.95 bits per heavy atom. The molecule has 1 unspecified atom stereocenters. The van der Waals surface area contributed by atoms with E-state index >= 15 is 0 Å². The van der Waals surface area contributed by atoms with Gasteiger partial charge in [-0.15, -0.1) is 0 Å². The Hall–Kier alpha value is -1.95. The van der Waals surface area contributed by atoms with Gasteiger partial charge in [-0.3, -0.25) is 9.59 Å². The number of amides is 2. The van der Waals surface area contributed by atoms with E-state index in [0.29, 0.717) is 18.5 Å². The maximum atomic E-state index is 13.1. The van der Waals surface area contributed by atoms with Crippen LogP contribution in [0.3, 0.4) is 0 Å². The number of carbonyl (C=O) groups excluding carboxylic acids is 2. The lowest BCUT2D eigenvalue weighted by atomic mass is 10.2. The molecular weight excluding hydrogens is 263 g/mol. The molecule has 2 amide bonds. The first-order valence-electron chi connectivity index (χ1n) is 6.52. The van der Waals surface area contributed by atoms with Crippen LogP contribution in [0.4, 0.5) is 10.1 Å². The number of aliphatic hydroxyl groups excluding tert-OH is 1. The van der Waals surface area contributed by atoms with E-state index in [1.54, 1.807) is 6.92 Å². The number of halogens is 1. The summed E-state index contributed by atoms with van der Waals surface area (Å²) in [5, 5.41) is 11.6. The van der Waals surface area contributed by atoms with Crippen molar-refractivity contribution >= 4 is 17.5 Å². The molecule has 1 aromatic carbocycles. The highest BCUT2D eigenvalue weighted by atomic mass is 19.1. The zero-order chi connectivity index (χ0) is 14.7. The minimum absolute atomic E-state index is 0.155. The van der Waals surface area contributed by atoms with Crippen LogP contribution in [0.1, 0.15) is 18.4 Å². The number of benzene rings is 1. The quantitative estimate of drug-likeness (QED) is 0.796. The van der Waals surface area contributed by atoms with Gasteiger partial charge in [-0.05, 0) is 37.5 Å². The van der Waals surface area contributed by atoms with Crippen molar-refractivity contribution in [1.29, 1.82) is 0 Å². The summed E-state index contributed by atoms with van der Waals surface area (Å²) in [5.74, 6) is -1.97. The molecule has 5 nitrogen and oxygen atoms in total. The molecule has 1 heterocycles. The molecule has 2 N–H and O–H groups in total. The second-order valence-corrected chi connectivity index (χ2v) is 4.89. The third-order valence-electron chi connectivity index (χ3n) is 3.49. The lowest BCUT2D eigenvalue weighted by Gasteiger charge is -2.22. The fourth-order valence-corrected chi connectivity index (χ4v) is 2.33. The first kappa shape index (κ1) is 14.5. The number of rotatable bonds is 2. The maximum Gasteiger partial charge on any atom is 0.313 e. The van der Waals surface area contributed by atoms with Crippen LogP contribution in [0.2, 0.25) is 0 Å². The summed E-state index contributed by atoms with van der Waals surface area (Å²) in [5.41, 5.74) is 0.954. The highest BCUT2D eigenvalue weighted by molar-refractivity contribution is 6.39. The molecule has 0 bridgehead atoms. The predicted molar refractivity (Wildman–Crippen MR) is 71.6 cm³/mol.